The van der Waals surface area contributed by atoms with Gasteiger partial charge >= 0.3 is 6.03 Å². The minimum absolute atomic E-state index is 0.121. The van der Waals surface area contributed by atoms with Crippen molar-refractivity contribution < 1.29 is 9.90 Å². The summed E-state index contributed by atoms with van der Waals surface area (Å²) in [6.07, 6.45) is 4.40. The van der Waals surface area contributed by atoms with Gasteiger partial charge in [0.2, 0.25) is 0 Å². The molecule has 1 fully saturated rings. The zero-order chi connectivity index (χ0) is 15.8. The maximum absolute atomic E-state index is 11.9. The zero-order valence-electron chi connectivity index (χ0n) is 13.2. The second kappa shape index (κ2) is 8.58. The molecule has 0 aliphatic carbocycles. The predicted molar refractivity (Wildman–Crippen MR) is 86.9 cm³/mol. The number of aliphatic hydroxyl groups excluding tert-OH is 1. The molecule has 1 saturated heterocycles. The van der Waals surface area contributed by atoms with E-state index in [1.807, 2.05) is 18.2 Å². The number of hydrogen-bond acceptors (Lipinski definition) is 4. The molecule has 3 N–H and O–H groups in total. The van der Waals surface area contributed by atoms with E-state index in [0.29, 0.717) is 12.5 Å². The highest BCUT2D eigenvalue weighted by Crippen LogP contribution is 2.17. The van der Waals surface area contributed by atoms with Gasteiger partial charge in [0.1, 0.15) is 5.82 Å². The number of carbonyl (C=O) groups excluding carboxylic acids is 1. The monoisotopic (exact) mass is 306 g/mol. The molecular formula is C16H26N4O2. The lowest BCUT2D eigenvalue weighted by atomic mass is 10.0. The molecule has 1 aliphatic heterocycles. The van der Waals surface area contributed by atoms with E-state index in [1.165, 1.54) is 0 Å². The molecule has 0 spiro atoms. The van der Waals surface area contributed by atoms with Crippen LogP contribution in [0.2, 0.25) is 0 Å². The van der Waals surface area contributed by atoms with Crippen molar-refractivity contribution in [3.63, 3.8) is 0 Å². The van der Waals surface area contributed by atoms with Crippen LogP contribution in [0.1, 0.15) is 26.2 Å². The number of amides is 2. The second-order valence-corrected chi connectivity index (χ2v) is 5.76. The van der Waals surface area contributed by atoms with Gasteiger partial charge in [-0.05, 0) is 30.9 Å². The SMILES string of the molecule is CCC(CCO)CNC(=O)NC1CCN(c2ccccn2)C1. The third-order valence-electron chi connectivity index (χ3n) is 4.16. The van der Waals surface area contributed by atoms with E-state index in [1.54, 1.807) is 6.20 Å². The van der Waals surface area contributed by atoms with Crippen LogP contribution in [0, 0.1) is 5.92 Å². The van der Waals surface area contributed by atoms with Crippen molar-refractivity contribution in [1.82, 2.24) is 15.6 Å². The fourth-order valence-electron chi connectivity index (χ4n) is 2.73. The van der Waals surface area contributed by atoms with Gasteiger partial charge in [0.25, 0.3) is 0 Å². The molecule has 2 amide bonds. The molecule has 1 aromatic rings. The van der Waals surface area contributed by atoms with Gasteiger partial charge in [0.15, 0.2) is 0 Å². The molecule has 1 aliphatic rings. The molecule has 6 nitrogen and oxygen atoms in total. The number of pyridine rings is 1. The number of urea groups is 1. The maximum Gasteiger partial charge on any atom is 0.315 e. The van der Waals surface area contributed by atoms with Crippen molar-refractivity contribution in [3.05, 3.63) is 24.4 Å². The molecule has 6 heteroatoms. The van der Waals surface area contributed by atoms with Gasteiger partial charge in [-0.2, -0.15) is 0 Å². The fourth-order valence-corrected chi connectivity index (χ4v) is 2.73. The van der Waals surface area contributed by atoms with Crippen LogP contribution in [0.3, 0.4) is 0 Å². The Morgan fingerprint density at radius 3 is 3.09 bits per heavy atom. The number of aliphatic hydroxyl groups is 1. The van der Waals surface area contributed by atoms with Gasteiger partial charge in [0, 0.05) is 38.5 Å². The Morgan fingerprint density at radius 1 is 1.55 bits per heavy atom. The molecule has 2 rings (SSSR count). The number of hydrogen-bond donors (Lipinski definition) is 3. The summed E-state index contributed by atoms with van der Waals surface area (Å²) in [4.78, 5) is 18.5. The van der Waals surface area contributed by atoms with Crippen LogP contribution in [-0.2, 0) is 0 Å². The minimum atomic E-state index is -0.121. The summed E-state index contributed by atoms with van der Waals surface area (Å²) in [5.41, 5.74) is 0. The summed E-state index contributed by atoms with van der Waals surface area (Å²) in [5, 5.41) is 14.9. The predicted octanol–water partition coefficient (Wildman–Crippen LogP) is 1.37. The van der Waals surface area contributed by atoms with Crippen LogP contribution < -0.4 is 15.5 Å². The summed E-state index contributed by atoms with van der Waals surface area (Å²) in [6.45, 7) is 4.55. The highest BCUT2D eigenvalue weighted by Gasteiger charge is 2.24. The van der Waals surface area contributed by atoms with Crippen LogP contribution in [0.15, 0.2) is 24.4 Å². The molecule has 2 unspecified atom stereocenters. The van der Waals surface area contributed by atoms with Crippen molar-refractivity contribution in [2.24, 2.45) is 5.92 Å². The van der Waals surface area contributed by atoms with E-state index >= 15 is 0 Å². The molecule has 22 heavy (non-hydrogen) atoms. The molecule has 122 valence electrons. The lowest BCUT2D eigenvalue weighted by Gasteiger charge is -2.19. The van der Waals surface area contributed by atoms with E-state index in [-0.39, 0.29) is 18.7 Å². The summed E-state index contributed by atoms with van der Waals surface area (Å²) >= 11 is 0. The second-order valence-electron chi connectivity index (χ2n) is 5.76. The lowest BCUT2D eigenvalue weighted by molar-refractivity contribution is 0.228. The molecule has 2 heterocycles. The normalized spacial score (nSPS) is 19.0. The summed E-state index contributed by atoms with van der Waals surface area (Å²) in [6, 6.07) is 5.90. The van der Waals surface area contributed by atoms with E-state index in [2.05, 4.69) is 27.4 Å². The van der Waals surface area contributed by atoms with Gasteiger partial charge in [-0.1, -0.05) is 19.4 Å². The fraction of sp³-hybridized carbons (Fsp3) is 0.625. The van der Waals surface area contributed by atoms with Gasteiger partial charge in [-0.3, -0.25) is 0 Å². The number of nitrogens with zero attached hydrogens (tertiary/aromatic N) is 2. The first-order valence-electron chi connectivity index (χ1n) is 8.04. The van der Waals surface area contributed by atoms with E-state index in [4.69, 9.17) is 5.11 Å². The quantitative estimate of drug-likeness (QED) is 0.711. The van der Waals surface area contributed by atoms with Crippen molar-refractivity contribution >= 4 is 11.8 Å². The third kappa shape index (κ3) is 4.87. The van der Waals surface area contributed by atoms with Crippen molar-refractivity contribution in [2.45, 2.75) is 32.2 Å². The van der Waals surface area contributed by atoms with Gasteiger partial charge in [0.05, 0.1) is 0 Å². The van der Waals surface area contributed by atoms with Gasteiger partial charge < -0.3 is 20.6 Å². The molecule has 0 bridgehead atoms. The van der Waals surface area contributed by atoms with Crippen LogP contribution in [0.5, 0.6) is 0 Å². The topological polar surface area (TPSA) is 77.5 Å². The van der Waals surface area contributed by atoms with Crippen molar-refractivity contribution in [3.8, 4) is 0 Å². The summed E-state index contributed by atoms with van der Waals surface area (Å²) in [5.74, 6) is 1.30. The van der Waals surface area contributed by atoms with Crippen LogP contribution in [0.25, 0.3) is 0 Å². The molecule has 2 atom stereocenters. The molecule has 0 radical (unpaired) electrons. The first-order valence-corrected chi connectivity index (χ1v) is 8.04. The molecule has 0 aromatic carbocycles. The first kappa shape index (κ1) is 16.5. The number of rotatable bonds is 7. The number of anilines is 1. The third-order valence-corrected chi connectivity index (χ3v) is 4.16. The van der Waals surface area contributed by atoms with Crippen LogP contribution >= 0.6 is 0 Å². The van der Waals surface area contributed by atoms with E-state index < -0.39 is 0 Å². The average Bonchev–Trinajstić information content (AvgIpc) is 3.00. The Morgan fingerprint density at radius 2 is 2.41 bits per heavy atom. The smallest absolute Gasteiger partial charge is 0.315 e. The molecule has 0 saturated carbocycles. The van der Waals surface area contributed by atoms with Crippen molar-refractivity contribution in [2.75, 3.05) is 31.1 Å². The average molecular weight is 306 g/mol. The summed E-state index contributed by atoms with van der Waals surface area (Å²) in [7, 11) is 0. The Balaban J connectivity index is 1.72. The van der Waals surface area contributed by atoms with Crippen LogP contribution in [-0.4, -0.2) is 48.4 Å². The molecular weight excluding hydrogens is 280 g/mol. The molecule has 1 aromatic heterocycles. The zero-order valence-corrected chi connectivity index (χ0v) is 13.2. The van der Waals surface area contributed by atoms with Crippen LogP contribution in [0.4, 0.5) is 10.6 Å². The van der Waals surface area contributed by atoms with E-state index in [9.17, 15) is 4.79 Å². The minimum Gasteiger partial charge on any atom is -0.396 e. The number of nitrogens with one attached hydrogen (secondary N) is 2. The summed E-state index contributed by atoms with van der Waals surface area (Å²) < 4.78 is 0. The Kier molecular flexibility index (Phi) is 6.45. The standard InChI is InChI=1S/C16H26N4O2/c1-2-13(7-10-21)11-18-16(22)19-14-6-9-20(12-14)15-5-3-4-8-17-15/h3-5,8,13-14,21H,2,6-7,9-12H2,1H3,(H2,18,19,22). The lowest BCUT2D eigenvalue weighted by Crippen LogP contribution is -2.44. The number of carbonyl (C=O) groups is 1. The Labute approximate surface area is 131 Å². The first-order chi connectivity index (χ1) is 10.7. The largest absolute Gasteiger partial charge is 0.396 e. The maximum atomic E-state index is 11.9. The Hall–Kier alpha value is -1.82. The number of aromatic nitrogens is 1. The van der Waals surface area contributed by atoms with E-state index in [0.717, 1.165) is 38.2 Å². The Bertz CT molecular complexity index is 455. The van der Waals surface area contributed by atoms with Gasteiger partial charge in [-0.25, -0.2) is 9.78 Å². The highest BCUT2D eigenvalue weighted by molar-refractivity contribution is 5.74. The van der Waals surface area contributed by atoms with Gasteiger partial charge in [-0.15, -0.1) is 0 Å². The van der Waals surface area contributed by atoms with Crippen molar-refractivity contribution in [1.29, 1.82) is 0 Å². The highest BCUT2D eigenvalue weighted by atomic mass is 16.3.